The number of nitrogens with one attached hydrogen (secondary N) is 1. The van der Waals surface area contributed by atoms with Gasteiger partial charge in [0.15, 0.2) is 6.10 Å². The third kappa shape index (κ3) is 8.32. The van der Waals surface area contributed by atoms with Crippen molar-refractivity contribution >= 4 is 23.9 Å². The molecule has 10 nitrogen and oxygen atoms in total. The number of carbonyl (C=O) groups excluding carboxylic acids is 2. The van der Waals surface area contributed by atoms with Gasteiger partial charge in [0, 0.05) is 6.54 Å². The molecule has 24 heavy (non-hydrogen) atoms. The van der Waals surface area contributed by atoms with Crippen LogP contribution in [0.1, 0.15) is 27.2 Å². The van der Waals surface area contributed by atoms with Gasteiger partial charge in [0.2, 0.25) is 0 Å². The van der Waals surface area contributed by atoms with Crippen LogP contribution in [0.2, 0.25) is 0 Å². The number of ether oxygens (including phenoxy) is 1. The van der Waals surface area contributed by atoms with Crippen LogP contribution in [0.4, 0.5) is 4.79 Å². The Morgan fingerprint density at radius 1 is 1.12 bits per heavy atom. The van der Waals surface area contributed by atoms with Crippen molar-refractivity contribution in [3.8, 4) is 0 Å². The van der Waals surface area contributed by atoms with Crippen LogP contribution in [0.25, 0.3) is 0 Å². The molecule has 0 aromatic carbocycles. The van der Waals surface area contributed by atoms with E-state index in [9.17, 15) is 24.3 Å². The lowest BCUT2D eigenvalue weighted by Gasteiger charge is -2.27. The van der Waals surface area contributed by atoms with Crippen molar-refractivity contribution in [2.24, 2.45) is 5.92 Å². The summed E-state index contributed by atoms with van der Waals surface area (Å²) in [6.45, 7) is 4.91. The molecule has 0 aromatic rings. The van der Waals surface area contributed by atoms with Gasteiger partial charge in [0.1, 0.15) is 6.04 Å². The average molecular weight is 348 g/mol. The second-order valence-electron chi connectivity index (χ2n) is 5.50. The summed E-state index contributed by atoms with van der Waals surface area (Å²) in [7, 11) is 0. The minimum absolute atomic E-state index is 0.0344. The maximum absolute atomic E-state index is 12.2. The Hall–Kier alpha value is -2.36. The standard InChI is InChI=1S/C14H24N2O8/c1-4-24-13(22)10(17)7-16(6-8(2)3)14(23)15-9(12(20)21)5-11(18)19/h8-10,17H,4-7H2,1-3H3,(H,15,23)(H,18,19)(H,20,21)/t9-,10?/m0/s1. The van der Waals surface area contributed by atoms with Gasteiger partial charge in [-0.1, -0.05) is 13.8 Å². The summed E-state index contributed by atoms with van der Waals surface area (Å²) >= 11 is 0. The normalized spacial score (nSPS) is 13.0. The Balaban J connectivity index is 5.01. The van der Waals surface area contributed by atoms with Crippen LogP contribution in [0.15, 0.2) is 0 Å². The highest BCUT2D eigenvalue weighted by Crippen LogP contribution is 2.04. The minimum Gasteiger partial charge on any atom is -0.481 e. The molecule has 0 aromatic heterocycles. The maximum atomic E-state index is 12.2. The van der Waals surface area contributed by atoms with Gasteiger partial charge in [-0.15, -0.1) is 0 Å². The lowest BCUT2D eigenvalue weighted by molar-refractivity contribution is -0.153. The van der Waals surface area contributed by atoms with Crippen molar-refractivity contribution in [1.29, 1.82) is 0 Å². The number of carboxylic acids is 2. The second-order valence-corrected chi connectivity index (χ2v) is 5.50. The van der Waals surface area contributed by atoms with Crippen molar-refractivity contribution in [3.63, 3.8) is 0 Å². The van der Waals surface area contributed by atoms with Crippen LogP contribution < -0.4 is 5.32 Å². The largest absolute Gasteiger partial charge is 0.481 e. The first-order valence-corrected chi connectivity index (χ1v) is 7.43. The summed E-state index contributed by atoms with van der Waals surface area (Å²) in [4.78, 5) is 46.4. The number of hydrogen-bond donors (Lipinski definition) is 4. The number of esters is 1. The molecule has 0 heterocycles. The van der Waals surface area contributed by atoms with E-state index in [0.29, 0.717) is 0 Å². The molecule has 138 valence electrons. The molecule has 0 aliphatic heterocycles. The van der Waals surface area contributed by atoms with E-state index >= 15 is 0 Å². The third-order valence-electron chi connectivity index (χ3n) is 2.80. The topological polar surface area (TPSA) is 153 Å². The van der Waals surface area contributed by atoms with E-state index in [1.54, 1.807) is 20.8 Å². The molecule has 0 bridgehead atoms. The van der Waals surface area contributed by atoms with Crippen LogP contribution in [0, 0.1) is 5.92 Å². The number of nitrogens with zero attached hydrogens (tertiary/aromatic N) is 1. The number of amides is 2. The van der Waals surface area contributed by atoms with Gasteiger partial charge in [0.05, 0.1) is 19.6 Å². The number of aliphatic hydroxyl groups excluding tert-OH is 1. The van der Waals surface area contributed by atoms with E-state index in [2.05, 4.69) is 10.1 Å². The Bertz CT molecular complexity index is 466. The first-order chi connectivity index (χ1) is 11.1. The lowest BCUT2D eigenvalue weighted by atomic mass is 10.2. The molecule has 0 fully saturated rings. The predicted molar refractivity (Wildman–Crippen MR) is 81.3 cm³/mol. The summed E-state index contributed by atoms with van der Waals surface area (Å²) in [6.07, 6.45) is -2.38. The van der Waals surface area contributed by atoms with Gasteiger partial charge in [-0.3, -0.25) is 4.79 Å². The molecule has 0 saturated carbocycles. The molecule has 10 heteroatoms. The number of aliphatic hydroxyl groups is 1. The van der Waals surface area contributed by atoms with Gasteiger partial charge in [0.25, 0.3) is 0 Å². The predicted octanol–water partition coefficient (Wildman–Crippen LogP) is -0.494. The lowest BCUT2D eigenvalue weighted by Crippen LogP contribution is -2.52. The van der Waals surface area contributed by atoms with Crippen LogP contribution in [0.5, 0.6) is 0 Å². The summed E-state index contributed by atoms with van der Waals surface area (Å²) in [5, 5.41) is 29.5. The van der Waals surface area contributed by atoms with E-state index in [4.69, 9.17) is 10.2 Å². The zero-order valence-electron chi connectivity index (χ0n) is 13.9. The molecule has 0 spiro atoms. The van der Waals surface area contributed by atoms with Gasteiger partial charge in [-0.2, -0.15) is 0 Å². The SMILES string of the molecule is CCOC(=O)C(O)CN(CC(C)C)C(=O)N[C@@H](CC(=O)O)C(=O)O. The molecule has 0 saturated heterocycles. The van der Waals surface area contributed by atoms with Crippen molar-refractivity contribution in [2.45, 2.75) is 39.3 Å². The zero-order valence-corrected chi connectivity index (χ0v) is 13.9. The highest BCUT2D eigenvalue weighted by atomic mass is 16.5. The highest BCUT2D eigenvalue weighted by Gasteiger charge is 2.28. The van der Waals surface area contributed by atoms with Crippen molar-refractivity contribution in [3.05, 3.63) is 0 Å². The third-order valence-corrected chi connectivity index (χ3v) is 2.80. The number of carbonyl (C=O) groups is 4. The average Bonchev–Trinajstić information content (AvgIpc) is 2.44. The molecule has 2 amide bonds. The maximum Gasteiger partial charge on any atom is 0.336 e. The van der Waals surface area contributed by atoms with Gasteiger partial charge in [-0.05, 0) is 12.8 Å². The molecular formula is C14H24N2O8. The summed E-state index contributed by atoms with van der Waals surface area (Å²) in [5.41, 5.74) is 0. The Morgan fingerprint density at radius 2 is 1.71 bits per heavy atom. The second kappa shape index (κ2) is 10.4. The minimum atomic E-state index is -1.62. The number of hydrogen-bond acceptors (Lipinski definition) is 6. The number of carboxylic acid groups (broad SMARTS) is 2. The molecule has 0 aliphatic rings. The van der Waals surface area contributed by atoms with E-state index < -0.39 is 49.1 Å². The fourth-order valence-electron chi connectivity index (χ4n) is 1.82. The number of aliphatic carboxylic acids is 2. The van der Waals surface area contributed by atoms with Crippen molar-refractivity contribution in [2.75, 3.05) is 19.7 Å². The van der Waals surface area contributed by atoms with E-state index in [1.807, 2.05) is 0 Å². The summed E-state index contributed by atoms with van der Waals surface area (Å²) in [6, 6.07) is -2.51. The van der Waals surface area contributed by atoms with Crippen molar-refractivity contribution < 1.29 is 39.2 Å². The Morgan fingerprint density at radius 3 is 2.12 bits per heavy atom. The highest BCUT2D eigenvalue weighted by molar-refractivity contribution is 5.86. The molecule has 0 radical (unpaired) electrons. The fraction of sp³-hybridized carbons (Fsp3) is 0.714. The molecule has 1 unspecified atom stereocenters. The molecule has 2 atom stereocenters. The number of rotatable bonds is 10. The van der Waals surface area contributed by atoms with Crippen LogP contribution in [-0.4, -0.2) is 76.0 Å². The molecule has 0 aliphatic carbocycles. The van der Waals surface area contributed by atoms with Crippen LogP contribution in [0.3, 0.4) is 0 Å². The molecule has 0 rings (SSSR count). The van der Waals surface area contributed by atoms with Gasteiger partial charge < -0.3 is 30.3 Å². The zero-order chi connectivity index (χ0) is 18.9. The summed E-state index contributed by atoms with van der Waals surface area (Å²) in [5.74, 6) is -3.82. The fourth-order valence-corrected chi connectivity index (χ4v) is 1.82. The smallest absolute Gasteiger partial charge is 0.336 e. The molecular weight excluding hydrogens is 324 g/mol. The van der Waals surface area contributed by atoms with Gasteiger partial charge in [-0.25, -0.2) is 14.4 Å². The van der Waals surface area contributed by atoms with E-state index in [-0.39, 0.29) is 19.1 Å². The van der Waals surface area contributed by atoms with E-state index in [1.165, 1.54) is 0 Å². The van der Waals surface area contributed by atoms with E-state index in [0.717, 1.165) is 4.90 Å². The summed E-state index contributed by atoms with van der Waals surface area (Å²) < 4.78 is 4.64. The van der Waals surface area contributed by atoms with Crippen LogP contribution in [-0.2, 0) is 19.1 Å². The number of urea groups is 1. The first kappa shape index (κ1) is 21.6. The first-order valence-electron chi connectivity index (χ1n) is 7.43. The van der Waals surface area contributed by atoms with Crippen LogP contribution >= 0.6 is 0 Å². The Labute approximate surface area is 139 Å². The van der Waals surface area contributed by atoms with Crippen molar-refractivity contribution in [1.82, 2.24) is 10.2 Å². The quantitative estimate of drug-likeness (QED) is 0.386. The monoisotopic (exact) mass is 348 g/mol. The Kier molecular flexibility index (Phi) is 9.40. The molecule has 4 N–H and O–H groups in total. The van der Waals surface area contributed by atoms with Gasteiger partial charge >= 0.3 is 23.9 Å².